The Morgan fingerprint density at radius 2 is 2.44 bits per heavy atom. The van der Waals surface area contributed by atoms with Gasteiger partial charge in [-0.1, -0.05) is 0 Å². The molecule has 0 bridgehead atoms. The van der Waals surface area contributed by atoms with Gasteiger partial charge in [-0.25, -0.2) is 0 Å². The van der Waals surface area contributed by atoms with Crippen LogP contribution in [0.25, 0.3) is 0 Å². The van der Waals surface area contributed by atoms with E-state index in [9.17, 15) is 9.90 Å². The van der Waals surface area contributed by atoms with E-state index in [1.165, 1.54) is 0 Å². The van der Waals surface area contributed by atoms with Crippen LogP contribution < -0.4 is 0 Å². The zero-order chi connectivity index (χ0) is 6.48. The van der Waals surface area contributed by atoms with E-state index in [1.807, 2.05) is 0 Å². The number of carbonyl (C=O) groups excluding carboxylic acids is 1. The van der Waals surface area contributed by atoms with Gasteiger partial charge in [-0.15, -0.1) is 0 Å². The molecule has 9 heavy (non-hydrogen) atoms. The van der Waals surface area contributed by atoms with Crippen molar-refractivity contribution < 1.29 is 9.90 Å². The molecule has 2 heteroatoms. The Labute approximate surface area is 53.9 Å². The van der Waals surface area contributed by atoms with Crippen LogP contribution in [-0.2, 0) is 4.79 Å². The van der Waals surface area contributed by atoms with Crippen molar-refractivity contribution in [1.82, 2.24) is 0 Å². The predicted molar refractivity (Wildman–Crippen MR) is 31.9 cm³/mol. The van der Waals surface area contributed by atoms with Gasteiger partial charge >= 0.3 is 0 Å². The molecule has 0 aromatic carbocycles. The number of Topliss-reactive ketones (excluding diaryl/α,β-unsaturated/α-hetero) is 1. The monoisotopic (exact) mass is 126 g/mol. The number of hydrogen-bond acceptors (Lipinski definition) is 2. The molecule has 2 atom stereocenters. The average Bonchev–Trinajstić information content (AvgIpc) is 2.06. The Bertz CT molecular complexity index is 164. The van der Waals surface area contributed by atoms with Gasteiger partial charge in [-0.05, 0) is 19.3 Å². The maximum absolute atomic E-state index is 10.8. The summed E-state index contributed by atoms with van der Waals surface area (Å²) in [7, 11) is 0. The second-order valence-electron chi connectivity index (χ2n) is 3.19. The predicted octanol–water partition coefficient (Wildman–Crippen LogP) is 0.490. The fraction of sp³-hybridized carbons (Fsp3) is 0.857. The summed E-state index contributed by atoms with van der Waals surface area (Å²) < 4.78 is 0. The number of aliphatic hydroxyl groups is 1. The molecule has 2 nitrogen and oxygen atoms in total. The highest BCUT2D eigenvalue weighted by molar-refractivity contribution is 5.90. The number of carbonyl (C=O) groups is 1. The Morgan fingerprint density at radius 3 is 2.89 bits per heavy atom. The van der Waals surface area contributed by atoms with E-state index in [0.29, 0.717) is 6.42 Å². The van der Waals surface area contributed by atoms with Crippen LogP contribution in [-0.4, -0.2) is 16.5 Å². The van der Waals surface area contributed by atoms with Crippen LogP contribution in [0.4, 0.5) is 0 Å². The molecule has 2 saturated carbocycles. The molecule has 0 radical (unpaired) electrons. The van der Waals surface area contributed by atoms with Gasteiger partial charge in [0.1, 0.15) is 5.78 Å². The third kappa shape index (κ3) is 0.517. The van der Waals surface area contributed by atoms with E-state index in [0.717, 1.165) is 19.3 Å². The average molecular weight is 126 g/mol. The summed E-state index contributed by atoms with van der Waals surface area (Å²) in [5, 5.41) is 9.50. The van der Waals surface area contributed by atoms with E-state index in [4.69, 9.17) is 0 Å². The van der Waals surface area contributed by atoms with E-state index < -0.39 is 5.60 Å². The molecule has 0 heterocycles. The van der Waals surface area contributed by atoms with Crippen LogP contribution in [0.1, 0.15) is 25.7 Å². The molecule has 0 spiro atoms. The van der Waals surface area contributed by atoms with Gasteiger partial charge in [0.25, 0.3) is 0 Å². The second kappa shape index (κ2) is 1.37. The molecule has 2 fully saturated rings. The van der Waals surface area contributed by atoms with Crippen molar-refractivity contribution in [3.05, 3.63) is 0 Å². The Morgan fingerprint density at radius 1 is 1.67 bits per heavy atom. The molecule has 2 rings (SSSR count). The molecular weight excluding hydrogens is 116 g/mol. The topological polar surface area (TPSA) is 37.3 Å². The SMILES string of the molecule is O=C1C[C@@]2(O)CCCC12. The molecule has 50 valence electrons. The van der Waals surface area contributed by atoms with Gasteiger partial charge in [0.2, 0.25) is 0 Å². The highest BCUT2D eigenvalue weighted by Crippen LogP contribution is 2.47. The first-order valence-electron chi connectivity index (χ1n) is 3.47. The quantitative estimate of drug-likeness (QED) is 0.513. The maximum atomic E-state index is 10.8. The molecular formula is C7H10O2. The summed E-state index contributed by atoms with van der Waals surface area (Å²) in [6.45, 7) is 0. The summed E-state index contributed by atoms with van der Waals surface area (Å²) in [6, 6.07) is 0. The third-order valence-corrected chi connectivity index (χ3v) is 2.62. The Kier molecular flexibility index (Phi) is 0.826. The first-order chi connectivity index (χ1) is 4.22. The number of hydrogen-bond donors (Lipinski definition) is 1. The summed E-state index contributed by atoms with van der Waals surface area (Å²) >= 11 is 0. The molecule has 0 aromatic rings. The van der Waals surface area contributed by atoms with Crippen molar-refractivity contribution in [2.24, 2.45) is 5.92 Å². The van der Waals surface area contributed by atoms with Crippen LogP contribution in [0.15, 0.2) is 0 Å². The normalized spacial score (nSPS) is 48.6. The fourth-order valence-electron chi connectivity index (χ4n) is 2.02. The number of rotatable bonds is 0. The summed E-state index contributed by atoms with van der Waals surface area (Å²) in [4.78, 5) is 10.8. The van der Waals surface area contributed by atoms with Crippen molar-refractivity contribution in [3.63, 3.8) is 0 Å². The zero-order valence-corrected chi connectivity index (χ0v) is 5.26. The Hall–Kier alpha value is -0.370. The van der Waals surface area contributed by atoms with Crippen molar-refractivity contribution in [1.29, 1.82) is 0 Å². The molecule has 2 aliphatic carbocycles. The minimum Gasteiger partial charge on any atom is -0.389 e. The van der Waals surface area contributed by atoms with Crippen LogP contribution in [0.5, 0.6) is 0 Å². The van der Waals surface area contributed by atoms with Gasteiger partial charge in [-0.3, -0.25) is 4.79 Å². The van der Waals surface area contributed by atoms with Crippen molar-refractivity contribution in [3.8, 4) is 0 Å². The van der Waals surface area contributed by atoms with Gasteiger partial charge in [0.15, 0.2) is 0 Å². The molecule has 2 aliphatic rings. The van der Waals surface area contributed by atoms with Gasteiger partial charge in [0.05, 0.1) is 5.60 Å². The molecule has 0 amide bonds. The van der Waals surface area contributed by atoms with Gasteiger partial charge < -0.3 is 5.11 Å². The highest BCUT2D eigenvalue weighted by Gasteiger charge is 2.54. The van der Waals surface area contributed by atoms with E-state index in [-0.39, 0.29) is 11.7 Å². The van der Waals surface area contributed by atoms with Crippen molar-refractivity contribution >= 4 is 5.78 Å². The summed E-state index contributed by atoms with van der Waals surface area (Å²) in [5.74, 6) is 0.299. The minimum atomic E-state index is -0.545. The lowest BCUT2D eigenvalue weighted by Crippen LogP contribution is -2.50. The fourth-order valence-corrected chi connectivity index (χ4v) is 2.02. The number of ketones is 1. The lowest BCUT2D eigenvalue weighted by Gasteiger charge is -2.38. The van der Waals surface area contributed by atoms with E-state index in [2.05, 4.69) is 0 Å². The minimum absolute atomic E-state index is 0.0255. The van der Waals surface area contributed by atoms with Gasteiger partial charge in [-0.2, -0.15) is 0 Å². The lowest BCUT2D eigenvalue weighted by atomic mass is 9.71. The highest BCUT2D eigenvalue weighted by atomic mass is 16.3. The van der Waals surface area contributed by atoms with Crippen LogP contribution in [0.2, 0.25) is 0 Å². The van der Waals surface area contributed by atoms with Crippen molar-refractivity contribution in [2.75, 3.05) is 0 Å². The van der Waals surface area contributed by atoms with Crippen LogP contribution >= 0.6 is 0 Å². The smallest absolute Gasteiger partial charge is 0.141 e. The van der Waals surface area contributed by atoms with Crippen LogP contribution in [0.3, 0.4) is 0 Å². The maximum Gasteiger partial charge on any atom is 0.141 e. The third-order valence-electron chi connectivity index (χ3n) is 2.62. The summed E-state index contributed by atoms with van der Waals surface area (Å²) in [6.07, 6.45) is 3.24. The number of fused-ring (bicyclic) bond motifs is 1. The largest absolute Gasteiger partial charge is 0.389 e. The molecule has 0 aromatic heterocycles. The first-order valence-corrected chi connectivity index (χ1v) is 3.47. The molecule has 1 N–H and O–H groups in total. The van der Waals surface area contributed by atoms with Crippen molar-refractivity contribution in [2.45, 2.75) is 31.3 Å². The second-order valence-corrected chi connectivity index (χ2v) is 3.19. The summed E-state index contributed by atoms with van der Waals surface area (Å²) in [5.41, 5.74) is -0.545. The lowest BCUT2D eigenvalue weighted by molar-refractivity contribution is -0.152. The van der Waals surface area contributed by atoms with E-state index >= 15 is 0 Å². The standard InChI is InChI=1S/C7H10O2/c8-6-4-7(9)3-1-2-5(6)7/h5,9H,1-4H2/t5?,7-/m0/s1. The molecule has 0 saturated heterocycles. The molecule has 0 aliphatic heterocycles. The van der Waals surface area contributed by atoms with Gasteiger partial charge in [0, 0.05) is 12.3 Å². The zero-order valence-electron chi connectivity index (χ0n) is 5.26. The molecule has 1 unspecified atom stereocenters. The van der Waals surface area contributed by atoms with E-state index in [1.54, 1.807) is 0 Å². The first kappa shape index (κ1) is 5.42. The Balaban J connectivity index is 2.21. The van der Waals surface area contributed by atoms with Crippen LogP contribution in [0, 0.1) is 5.92 Å².